The first kappa shape index (κ1) is 36.7. The number of thiophene rings is 1. The van der Waals surface area contributed by atoms with Gasteiger partial charge in [-0.15, -0.1) is 18.2 Å². The number of hydrogen-bond donors (Lipinski definition) is 0. The number of benzene rings is 6. The van der Waals surface area contributed by atoms with Gasteiger partial charge in [0.15, 0.2) is 0 Å². The average Bonchev–Trinajstić information content (AvgIpc) is 3.81. The van der Waals surface area contributed by atoms with Crippen LogP contribution in [0.1, 0.15) is 0 Å². The van der Waals surface area contributed by atoms with E-state index in [9.17, 15) is 0 Å². The predicted molar refractivity (Wildman–Crippen MR) is 230 cm³/mol. The second-order valence-electron chi connectivity index (χ2n) is 14.3. The average molecular weight is 966 g/mol. The molecule has 6 aromatic carbocycles. The molecule has 0 spiro atoms. The van der Waals surface area contributed by atoms with Crippen LogP contribution >= 0.6 is 11.3 Å². The summed E-state index contributed by atoms with van der Waals surface area (Å²) in [5.74, 6) is 8.03. The van der Waals surface area contributed by atoms with E-state index in [-0.39, 0.29) is 20.1 Å². The summed E-state index contributed by atoms with van der Waals surface area (Å²) in [6.07, 6.45) is 3.90. The summed E-state index contributed by atoms with van der Waals surface area (Å²) < 4.78 is 4.91. The van der Waals surface area contributed by atoms with Gasteiger partial charge >= 0.3 is 99.8 Å². The van der Waals surface area contributed by atoms with Gasteiger partial charge in [0, 0.05) is 42.9 Å². The Bertz CT molecular complexity index is 2920. The Kier molecular flexibility index (Phi) is 10.3. The molecule has 269 valence electrons. The fourth-order valence-electron chi connectivity index (χ4n) is 7.05. The third kappa shape index (κ3) is 7.08. The number of para-hydroxylation sites is 1. The molecular formula is C48H36GeIrN4S-2. The van der Waals surface area contributed by atoms with E-state index in [4.69, 9.17) is 4.98 Å². The van der Waals surface area contributed by atoms with Crippen LogP contribution < -0.4 is 4.40 Å². The molecule has 4 heterocycles. The number of aromatic nitrogens is 4. The maximum Gasteiger partial charge on any atom is 0.113 e. The van der Waals surface area contributed by atoms with Crippen molar-refractivity contribution in [2.24, 2.45) is 0 Å². The second kappa shape index (κ2) is 15.5. The molecule has 4 nitrogen and oxygen atoms in total. The van der Waals surface area contributed by atoms with Crippen molar-refractivity contribution in [2.75, 3.05) is 0 Å². The Hall–Kier alpha value is -5.24. The van der Waals surface area contributed by atoms with E-state index in [0.717, 1.165) is 59.8 Å². The summed E-state index contributed by atoms with van der Waals surface area (Å²) >= 11 is -0.0105. The second-order valence-corrected chi connectivity index (χ2v) is 26.0. The molecule has 0 aliphatic carbocycles. The maximum atomic E-state index is 5.36. The van der Waals surface area contributed by atoms with E-state index in [1.54, 1.807) is 11.3 Å². The Morgan fingerprint density at radius 1 is 0.636 bits per heavy atom. The van der Waals surface area contributed by atoms with Crippen molar-refractivity contribution in [1.29, 1.82) is 0 Å². The molecule has 10 aromatic rings. The van der Waals surface area contributed by atoms with Gasteiger partial charge in [-0.2, -0.15) is 11.3 Å². The normalized spacial score (nSPS) is 11.4. The first-order chi connectivity index (χ1) is 26.4. The molecule has 0 atom stereocenters. The van der Waals surface area contributed by atoms with Crippen molar-refractivity contribution in [3.8, 4) is 39.5 Å². The zero-order valence-electron chi connectivity index (χ0n) is 30.6. The van der Waals surface area contributed by atoms with E-state index in [1.165, 1.54) is 26.1 Å². The van der Waals surface area contributed by atoms with Crippen molar-refractivity contribution in [2.45, 2.75) is 17.3 Å². The van der Waals surface area contributed by atoms with Gasteiger partial charge in [-0.25, -0.2) is 4.98 Å². The van der Waals surface area contributed by atoms with Crippen molar-refractivity contribution < 1.29 is 20.1 Å². The molecule has 10 rings (SSSR count). The quantitative estimate of drug-likeness (QED) is 0.128. The van der Waals surface area contributed by atoms with Gasteiger partial charge in [0.1, 0.15) is 4.83 Å². The van der Waals surface area contributed by atoms with Gasteiger partial charge in [-0.05, 0) is 39.2 Å². The van der Waals surface area contributed by atoms with Gasteiger partial charge in [-0.1, -0.05) is 95.9 Å². The van der Waals surface area contributed by atoms with E-state index in [1.807, 2.05) is 48.8 Å². The summed E-state index contributed by atoms with van der Waals surface area (Å²) in [5, 5.41) is 4.68. The maximum absolute atomic E-state index is 5.36. The minimum atomic E-state index is -1.72. The Morgan fingerprint density at radius 3 is 2.22 bits per heavy atom. The van der Waals surface area contributed by atoms with Gasteiger partial charge in [0.2, 0.25) is 0 Å². The molecule has 0 amide bonds. The molecule has 0 aliphatic heterocycles. The topological polar surface area (TPSA) is 43.6 Å². The van der Waals surface area contributed by atoms with Crippen LogP contribution in [0.3, 0.4) is 0 Å². The van der Waals surface area contributed by atoms with Gasteiger partial charge in [-0.3, -0.25) is 4.98 Å². The van der Waals surface area contributed by atoms with E-state index in [0.29, 0.717) is 0 Å². The minimum absolute atomic E-state index is 0. The number of fused-ring (bicyclic) bond motifs is 6. The number of rotatable bonds is 5. The Balaban J connectivity index is 0.000000212. The fraction of sp³-hybridized carbons (Fsp3) is 0.0625. The van der Waals surface area contributed by atoms with Crippen LogP contribution in [0.4, 0.5) is 0 Å². The molecule has 0 N–H and O–H groups in total. The molecule has 4 aromatic heterocycles. The predicted octanol–water partition coefficient (Wildman–Crippen LogP) is 12.2. The van der Waals surface area contributed by atoms with E-state index < -0.39 is 13.3 Å². The summed E-state index contributed by atoms with van der Waals surface area (Å²) in [4.78, 5) is 15.6. The third-order valence-corrected chi connectivity index (χ3v) is 15.2. The largest absolute Gasteiger partial charge is 0.333 e. The number of nitrogens with zero attached hydrogens (tertiary/aromatic N) is 4. The summed E-state index contributed by atoms with van der Waals surface area (Å²) in [6, 6.07) is 59.4. The summed E-state index contributed by atoms with van der Waals surface area (Å²) in [7, 11) is 0. The fourth-order valence-corrected chi connectivity index (χ4v) is 10.4. The molecule has 0 bridgehead atoms. The molecule has 0 aliphatic rings. The monoisotopic (exact) mass is 967 g/mol. The standard InChI is InChI=1S/C34H20N3S.C14H16GeN.Ir/c1-2-10-22(11-3-1)24-13-6-7-18-29(24)37-30-20-19-23-12-4-5-14-25(23)31(30)36-33(37)28-16-8-15-26-27-17-9-21-35-34(27)38-32(26)28;1-15(2,3)13-9-10-14(16-11-13)12-7-5-4-6-8-12;/h1-15,17-21H;4-7,9-11H,1-3H3;/q2*-1;. The molecule has 55 heavy (non-hydrogen) atoms. The smallest absolute Gasteiger partial charge is 0.113 e. The number of hydrogen-bond acceptors (Lipinski definition) is 4. The van der Waals surface area contributed by atoms with Crippen LogP contribution in [0.25, 0.3) is 81.6 Å². The number of pyridine rings is 2. The summed E-state index contributed by atoms with van der Waals surface area (Å²) in [5.41, 5.74) is 8.56. The number of imidazole rings is 1. The van der Waals surface area contributed by atoms with Crippen LogP contribution in [0.2, 0.25) is 17.3 Å². The van der Waals surface area contributed by atoms with Crippen molar-refractivity contribution >= 4 is 71.1 Å². The van der Waals surface area contributed by atoms with Gasteiger partial charge in [0.05, 0.1) is 16.9 Å². The molecule has 0 fully saturated rings. The van der Waals surface area contributed by atoms with Crippen molar-refractivity contribution in [3.05, 3.63) is 176 Å². The van der Waals surface area contributed by atoms with Crippen molar-refractivity contribution in [3.63, 3.8) is 0 Å². The molecule has 7 heteroatoms. The van der Waals surface area contributed by atoms with Crippen LogP contribution in [-0.2, 0) is 20.1 Å². The molecule has 0 saturated carbocycles. The molecule has 0 unspecified atom stereocenters. The first-order valence-electron chi connectivity index (χ1n) is 18.1. The van der Waals surface area contributed by atoms with Crippen LogP contribution in [0.5, 0.6) is 0 Å². The minimum Gasteiger partial charge on any atom is -0.333 e. The molecular weight excluding hydrogens is 929 g/mol. The Labute approximate surface area is 341 Å². The zero-order valence-corrected chi connectivity index (χ0v) is 35.9. The molecule has 0 saturated heterocycles. The van der Waals surface area contributed by atoms with E-state index >= 15 is 0 Å². The van der Waals surface area contributed by atoms with Crippen molar-refractivity contribution in [1.82, 2.24) is 19.5 Å². The zero-order chi connectivity index (χ0) is 36.6. The third-order valence-electron chi connectivity index (χ3n) is 9.83. The Morgan fingerprint density at radius 2 is 1.42 bits per heavy atom. The SMILES string of the molecule is [CH3][Ge]([CH3])([CH3])[c]1ccc(-c2[c-]cccc2)nc1.[Ir].[c-]1ccc2c(sc3ncccc32)c1-c1nc2c3ccccc3ccc2n1-c1ccccc1-c1ccccc1. The van der Waals surface area contributed by atoms with Gasteiger partial charge in [0.25, 0.3) is 0 Å². The van der Waals surface area contributed by atoms with E-state index in [2.05, 4.69) is 159 Å². The van der Waals surface area contributed by atoms with Gasteiger partial charge < -0.3 is 4.57 Å². The van der Waals surface area contributed by atoms with Crippen LogP contribution in [-0.4, -0.2) is 32.8 Å². The first-order valence-corrected chi connectivity index (χ1v) is 26.3. The van der Waals surface area contributed by atoms with Crippen LogP contribution in [0.15, 0.2) is 164 Å². The molecule has 1 radical (unpaired) electrons. The summed E-state index contributed by atoms with van der Waals surface area (Å²) in [6.45, 7) is 0. The van der Waals surface area contributed by atoms with Crippen LogP contribution in [0, 0.1) is 12.1 Å².